The lowest BCUT2D eigenvalue weighted by Gasteiger charge is -2.10. The van der Waals surface area contributed by atoms with Crippen LogP contribution in [0.5, 0.6) is 11.6 Å². The third kappa shape index (κ3) is 3.01. The zero-order chi connectivity index (χ0) is 18.8. The van der Waals surface area contributed by atoms with Crippen LogP contribution in [0.15, 0.2) is 54.9 Å². The minimum Gasteiger partial charge on any atom is -0.465 e. The van der Waals surface area contributed by atoms with Gasteiger partial charge in [0.2, 0.25) is 5.88 Å². The Morgan fingerprint density at radius 2 is 1.85 bits per heavy atom. The topological polar surface area (TPSA) is 118 Å². The van der Waals surface area contributed by atoms with Gasteiger partial charge < -0.3 is 15.2 Å². The lowest BCUT2D eigenvalue weighted by Crippen LogP contribution is -2.07. The molecule has 134 valence electrons. The molecule has 0 aliphatic heterocycles. The Morgan fingerprint density at radius 3 is 2.63 bits per heavy atom. The van der Waals surface area contributed by atoms with Gasteiger partial charge in [-0.1, -0.05) is 17.3 Å². The Bertz CT molecular complexity index is 1120. The number of anilines is 1. The maximum atomic E-state index is 11.5. The van der Waals surface area contributed by atoms with Gasteiger partial charge in [-0.3, -0.25) is 0 Å². The number of nitrogen functional groups attached to an aromatic ring is 1. The van der Waals surface area contributed by atoms with Crippen molar-refractivity contribution in [2.24, 2.45) is 0 Å². The Kier molecular flexibility index (Phi) is 4.09. The van der Waals surface area contributed by atoms with E-state index < -0.39 is 5.97 Å². The molecule has 9 heteroatoms. The Hall–Kier alpha value is -4.01. The zero-order valence-electron chi connectivity index (χ0n) is 14.2. The summed E-state index contributed by atoms with van der Waals surface area (Å²) in [6, 6.07) is 13.9. The van der Waals surface area contributed by atoms with Crippen molar-refractivity contribution in [3.63, 3.8) is 0 Å². The van der Waals surface area contributed by atoms with Crippen molar-refractivity contribution in [1.29, 1.82) is 0 Å². The van der Waals surface area contributed by atoms with Crippen molar-refractivity contribution in [2.75, 3.05) is 12.8 Å². The summed E-state index contributed by atoms with van der Waals surface area (Å²) in [7, 11) is 1.32. The average Bonchev–Trinajstić information content (AvgIpc) is 3.13. The van der Waals surface area contributed by atoms with Crippen LogP contribution in [-0.2, 0) is 4.74 Å². The van der Waals surface area contributed by atoms with E-state index in [1.54, 1.807) is 24.3 Å². The van der Waals surface area contributed by atoms with Crippen molar-refractivity contribution in [3.8, 4) is 17.4 Å². The molecule has 0 radical (unpaired) electrons. The molecule has 0 fully saturated rings. The van der Waals surface area contributed by atoms with Crippen LogP contribution in [0.3, 0.4) is 0 Å². The summed E-state index contributed by atoms with van der Waals surface area (Å²) in [4.78, 5) is 19.8. The highest BCUT2D eigenvalue weighted by Crippen LogP contribution is 2.29. The van der Waals surface area contributed by atoms with E-state index in [0.717, 1.165) is 11.0 Å². The van der Waals surface area contributed by atoms with Crippen LogP contribution in [-0.4, -0.2) is 38.0 Å². The number of carbonyl (C=O) groups is 1. The molecule has 0 amide bonds. The number of hydrogen-bond donors (Lipinski definition) is 1. The van der Waals surface area contributed by atoms with Gasteiger partial charge in [-0.25, -0.2) is 9.78 Å². The van der Waals surface area contributed by atoms with Gasteiger partial charge in [0.1, 0.15) is 23.3 Å². The zero-order valence-corrected chi connectivity index (χ0v) is 14.2. The molecule has 0 unspecified atom stereocenters. The van der Waals surface area contributed by atoms with E-state index in [1.807, 2.05) is 24.3 Å². The Morgan fingerprint density at radius 1 is 1.07 bits per heavy atom. The van der Waals surface area contributed by atoms with Crippen LogP contribution in [0, 0.1) is 0 Å². The minimum absolute atomic E-state index is 0.172. The molecule has 0 saturated carbocycles. The fourth-order valence-corrected chi connectivity index (χ4v) is 2.53. The molecule has 4 rings (SSSR count). The number of nitrogens with two attached hydrogens (primary N) is 1. The highest BCUT2D eigenvalue weighted by molar-refractivity contribution is 5.89. The van der Waals surface area contributed by atoms with E-state index >= 15 is 0 Å². The molecule has 0 atom stereocenters. The van der Waals surface area contributed by atoms with Crippen molar-refractivity contribution >= 4 is 22.7 Å². The van der Waals surface area contributed by atoms with Crippen molar-refractivity contribution in [2.45, 2.75) is 0 Å². The highest BCUT2D eigenvalue weighted by atomic mass is 16.5. The van der Waals surface area contributed by atoms with Crippen LogP contribution in [0.1, 0.15) is 10.4 Å². The third-order valence-electron chi connectivity index (χ3n) is 3.87. The first-order valence-corrected chi connectivity index (χ1v) is 7.95. The molecular weight excluding hydrogens is 348 g/mol. The van der Waals surface area contributed by atoms with Crippen LogP contribution in [0.25, 0.3) is 16.9 Å². The second kappa shape index (κ2) is 6.71. The minimum atomic E-state index is -0.427. The van der Waals surface area contributed by atoms with Gasteiger partial charge in [0.25, 0.3) is 0 Å². The molecule has 0 bridgehead atoms. The first-order valence-electron chi connectivity index (χ1n) is 7.95. The summed E-state index contributed by atoms with van der Waals surface area (Å²) in [6.45, 7) is 0. The van der Waals surface area contributed by atoms with Gasteiger partial charge >= 0.3 is 5.97 Å². The average molecular weight is 362 g/mol. The van der Waals surface area contributed by atoms with Crippen LogP contribution >= 0.6 is 0 Å². The Labute approximate surface area is 153 Å². The molecule has 2 heterocycles. The summed E-state index contributed by atoms with van der Waals surface area (Å²) in [5, 5.41) is 8.20. The number of ether oxygens (including phenoxy) is 2. The maximum Gasteiger partial charge on any atom is 0.337 e. The SMILES string of the molecule is COC(=O)c1ccc(Oc2ncnc(-n3nnc4ccccc43)c2N)cc1. The molecule has 2 N–H and O–H groups in total. The van der Waals surface area contributed by atoms with Crippen molar-refractivity contribution in [3.05, 3.63) is 60.4 Å². The van der Waals surface area contributed by atoms with Crippen molar-refractivity contribution in [1.82, 2.24) is 25.0 Å². The second-order valence-corrected chi connectivity index (χ2v) is 5.52. The molecule has 0 aliphatic carbocycles. The largest absolute Gasteiger partial charge is 0.465 e. The Balaban J connectivity index is 1.67. The standard InChI is InChI=1S/C18H14N6O3/c1-26-18(25)11-6-8-12(9-7-11)27-17-15(19)16(20-10-21-17)24-14-5-3-2-4-13(14)22-23-24/h2-10H,19H2,1H3. The van der Waals surface area contributed by atoms with E-state index in [2.05, 4.69) is 25.0 Å². The van der Waals surface area contributed by atoms with Crippen LogP contribution in [0.4, 0.5) is 5.69 Å². The van der Waals surface area contributed by atoms with Crippen molar-refractivity contribution < 1.29 is 14.3 Å². The molecule has 4 aromatic rings. The first-order chi connectivity index (χ1) is 13.2. The van der Waals surface area contributed by atoms with Gasteiger partial charge in [0.15, 0.2) is 5.82 Å². The van der Waals surface area contributed by atoms with E-state index in [4.69, 9.17) is 10.5 Å². The number of nitrogens with zero attached hydrogens (tertiary/aromatic N) is 5. The molecule has 2 aromatic carbocycles. The van der Waals surface area contributed by atoms with E-state index in [-0.39, 0.29) is 11.6 Å². The molecule has 2 aromatic heterocycles. The smallest absolute Gasteiger partial charge is 0.337 e. The predicted molar refractivity (Wildman–Crippen MR) is 96.7 cm³/mol. The van der Waals surface area contributed by atoms with Gasteiger partial charge in [0, 0.05) is 0 Å². The summed E-state index contributed by atoms with van der Waals surface area (Å²) in [5.74, 6) is 0.566. The highest BCUT2D eigenvalue weighted by Gasteiger charge is 2.16. The van der Waals surface area contributed by atoms with E-state index in [9.17, 15) is 4.79 Å². The molecule has 0 saturated heterocycles. The van der Waals surface area contributed by atoms with Gasteiger partial charge in [-0.2, -0.15) is 9.67 Å². The van der Waals surface area contributed by atoms with Crippen LogP contribution in [0.2, 0.25) is 0 Å². The molecule has 0 aliphatic rings. The quantitative estimate of drug-likeness (QED) is 0.550. The molecule has 0 spiro atoms. The number of rotatable bonds is 4. The molecule has 9 nitrogen and oxygen atoms in total. The fraction of sp³-hybridized carbons (Fsp3) is 0.0556. The maximum absolute atomic E-state index is 11.5. The number of hydrogen-bond acceptors (Lipinski definition) is 8. The summed E-state index contributed by atoms with van der Waals surface area (Å²) < 4.78 is 11.9. The molecule has 27 heavy (non-hydrogen) atoms. The number of aromatic nitrogens is 5. The number of carbonyl (C=O) groups excluding carboxylic acids is 1. The third-order valence-corrected chi connectivity index (χ3v) is 3.87. The van der Waals surface area contributed by atoms with Gasteiger partial charge in [-0.15, -0.1) is 5.10 Å². The lowest BCUT2D eigenvalue weighted by molar-refractivity contribution is 0.0600. The number of fused-ring (bicyclic) bond motifs is 1. The fourth-order valence-electron chi connectivity index (χ4n) is 2.53. The monoisotopic (exact) mass is 362 g/mol. The number of esters is 1. The number of benzene rings is 2. The van der Waals surface area contributed by atoms with Gasteiger partial charge in [0.05, 0.1) is 18.2 Å². The summed E-state index contributed by atoms with van der Waals surface area (Å²) in [6.07, 6.45) is 1.33. The lowest BCUT2D eigenvalue weighted by atomic mass is 10.2. The normalized spacial score (nSPS) is 10.7. The van der Waals surface area contributed by atoms with Crippen LogP contribution < -0.4 is 10.5 Å². The predicted octanol–water partition coefficient (Wildman–Crippen LogP) is 2.37. The molecular formula is C18H14N6O3. The van der Waals surface area contributed by atoms with Gasteiger partial charge in [-0.05, 0) is 36.4 Å². The number of methoxy groups -OCH3 is 1. The second-order valence-electron chi connectivity index (χ2n) is 5.52. The first kappa shape index (κ1) is 16.5. The van der Waals surface area contributed by atoms with E-state index in [1.165, 1.54) is 18.1 Å². The number of para-hydroxylation sites is 1. The summed E-state index contributed by atoms with van der Waals surface area (Å²) in [5.41, 5.74) is 8.31. The summed E-state index contributed by atoms with van der Waals surface area (Å²) >= 11 is 0. The van der Waals surface area contributed by atoms with E-state index in [0.29, 0.717) is 17.1 Å².